The number of hydrogen-bond donors (Lipinski definition) is 1. The maximum Gasteiger partial charge on any atom is 0.266 e. The Hall–Kier alpha value is -3.25. The van der Waals surface area contributed by atoms with Crippen LogP contribution >= 0.6 is 22.6 Å². The van der Waals surface area contributed by atoms with Gasteiger partial charge in [-0.2, -0.15) is 5.26 Å². The van der Waals surface area contributed by atoms with E-state index in [1.54, 1.807) is 36.4 Å². The zero-order chi connectivity index (χ0) is 21.5. The Morgan fingerprint density at radius 3 is 2.60 bits per heavy atom. The summed E-state index contributed by atoms with van der Waals surface area (Å²) in [5.41, 5.74) is 1.14. The highest BCUT2D eigenvalue weighted by Gasteiger charge is 2.12. The third-order valence-electron chi connectivity index (χ3n) is 4.04. The van der Waals surface area contributed by atoms with E-state index in [9.17, 15) is 18.8 Å². The van der Waals surface area contributed by atoms with E-state index in [-0.39, 0.29) is 23.7 Å². The van der Waals surface area contributed by atoms with Crippen molar-refractivity contribution in [3.63, 3.8) is 0 Å². The number of ether oxygens (including phenoxy) is 1. The molecule has 30 heavy (non-hydrogen) atoms. The van der Waals surface area contributed by atoms with Gasteiger partial charge in [0.25, 0.3) is 5.91 Å². The normalized spacial score (nSPS) is 10.9. The number of nitrogens with zero attached hydrogens (tertiary/aromatic N) is 1. The van der Waals surface area contributed by atoms with Crippen LogP contribution in [0.3, 0.4) is 0 Å². The van der Waals surface area contributed by atoms with E-state index in [2.05, 4.69) is 27.9 Å². The lowest BCUT2D eigenvalue weighted by Gasteiger charge is -2.09. The number of hydrogen-bond acceptors (Lipinski definition) is 3. The first-order valence-corrected chi connectivity index (χ1v) is 9.88. The van der Waals surface area contributed by atoms with Crippen LogP contribution in [0.25, 0.3) is 6.08 Å². The predicted octanol–water partition coefficient (Wildman–Crippen LogP) is 5.69. The number of carbonyl (C=O) groups is 1. The Labute approximate surface area is 185 Å². The first kappa shape index (κ1) is 21.5. The molecule has 3 aromatic carbocycles. The molecule has 0 atom stereocenters. The third kappa shape index (κ3) is 5.64. The molecule has 1 amide bonds. The molecule has 7 heteroatoms. The average Bonchev–Trinajstić information content (AvgIpc) is 2.73. The highest BCUT2D eigenvalue weighted by molar-refractivity contribution is 14.1. The molecule has 0 radical (unpaired) electrons. The fraction of sp³-hybridized carbons (Fsp3) is 0.0435. The molecule has 0 saturated heterocycles. The summed E-state index contributed by atoms with van der Waals surface area (Å²) in [6, 6.07) is 18.8. The Morgan fingerprint density at radius 2 is 1.90 bits per heavy atom. The molecule has 3 aromatic rings. The van der Waals surface area contributed by atoms with Crippen molar-refractivity contribution in [3.05, 3.63) is 98.6 Å². The molecular weight excluding hydrogens is 501 g/mol. The van der Waals surface area contributed by atoms with Gasteiger partial charge in [-0.15, -0.1) is 0 Å². The van der Waals surface area contributed by atoms with Gasteiger partial charge in [0.05, 0.1) is 9.26 Å². The molecule has 4 nitrogen and oxygen atoms in total. The molecule has 0 aromatic heterocycles. The lowest BCUT2D eigenvalue weighted by Crippen LogP contribution is -2.14. The second-order valence-electron chi connectivity index (χ2n) is 6.21. The minimum Gasteiger partial charge on any atom is -0.488 e. The van der Waals surface area contributed by atoms with Crippen LogP contribution in [0.2, 0.25) is 0 Å². The standard InChI is InChI=1S/C23H15F2IN2O2/c24-18-5-3-4-16(11-18)14-30-22-9-8-15(12-20(22)26)10-17(13-27)23(29)28-21-7-2-1-6-19(21)25/h1-12H,14H2,(H,28,29)/b17-10-. The van der Waals surface area contributed by atoms with Crippen molar-refractivity contribution in [1.29, 1.82) is 5.26 Å². The fourth-order valence-electron chi connectivity index (χ4n) is 2.58. The third-order valence-corrected chi connectivity index (χ3v) is 4.88. The minimum absolute atomic E-state index is 0.000623. The highest BCUT2D eigenvalue weighted by Crippen LogP contribution is 2.25. The summed E-state index contributed by atoms with van der Waals surface area (Å²) < 4.78 is 33.4. The molecule has 0 spiro atoms. The Bertz CT molecular complexity index is 1160. The van der Waals surface area contributed by atoms with Gasteiger partial charge in [0.1, 0.15) is 35.6 Å². The van der Waals surface area contributed by atoms with Gasteiger partial charge in [-0.05, 0) is 76.2 Å². The Morgan fingerprint density at radius 1 is 1.10 bits per heavy atom. The Kier molecular flexibility index (Phi) is 7.14. The van der Waals surface area contributed by atoms with Crippen molar-refractivity contribution in [1.82, 2.24) is 0 Å². The van der Waals surface area contributed by atoms with Crippen LogP contribution in [-0.4, -0.2) is 5.91 Å². The number of para-hydroxylation sites is 1. The quantitative estimate of drug-likeness (QED) is 0.260. The lowest BCUT2D eigenvalue weighted by molar-refractivity contribution is -0.112. The molecule has 0 bridgehead atoms. The molecule has 3 rings (SSSR count). The molecule has 0 unspecified atom stereocenters. The van der Waals surface area contributed by atoms with Crippen LogP contribution in [0.5, 0.6) is 5.75 Å². The predicted molar refractivity (Wildman–Crippen MR) is 119 cm³/mol. The fourth-order valence-corrected chi connectivity index (χ4v) is 3.27. The molecule has 0 fully saturated rings. The summed E-state index contributed by atoms with van der Waals surface area (Å²) in [5, 5.41) is 11.7. The van der Waals surface area contributed by atoms with E-state index in [1.165, 1.54) is 36.4 Å². The molecule has 1 N–H and O–H groups in total. The van der Waals surface area contributed by atoms with Crippen LogP contribution in [0.1, 0.15) is 11.1 Å². The van der Waals surface area contributed by atoms with Gasteiger partial charge in [-0.25, -0.2) is 8.78 Å². The van der Waals surface area contributed by atoms with Gasteiger partial charge in [0, 0.05) is 0 Å². The monoisotopic (exact) mass is 516 g/mol. The zero-order valence-electron chi connectivity index (χ0n) is 15.5. The summed E-state index contributed by atoms with van der Waals surface area (Å²) in [6.45, 7) is 0.206. The molecule has 0 saturated carbocycles. The molecule has 0 aliphatic carbocycles. The zero-order valence-corrected chi connectivity index (χ0v) is 17.7. The van der Waals surface area contributed by atoms with Crippen molar-refractivity contribution >= 4 is 40.3 Å². The summed E-state index contributed by atoms with van der Waals surface area (Å²) in [5.74, 6) is -1.03. The number of halogens is 3. The van der Waals surface area contributed by atoms with E-state index in [0.29, 0.717) is 16.9 Å². The van der Waals surface area contributed by atoms with Gasteiger partial charge in [0.2, 0.25) is 0 Å². The van der Waals surface area contributed by atoms with Crippen LogP contribution in [0.15, 0.2) is 72.3 Å². The van der Waals surface area contributed by atoms with E-state index in [0.717, 1.165) is 3.57 Å². The van der Waals surface area contributed by atoms with Crippen LogP contribution in [-0.2, 0) is 11.4 Å². The van der Waals surface area contributed by atoms with Gasteiger partial charge >= 0.3 is 0 Å². The van der Waals surface area contributed by atoms with E-state index in [4.69, 9.17) is 4.74 Å². The van der Waals surface area contributed by atoms with E-state index >= 15 is 0 Å². The van der Waals surface area contributed by atoms with Gasteiger partial charge in [0.15, 0.2) is 0 Å². The maximum atomic E-state index is 13.7. The van der Waals surface area contributed by atoms with Gasteiger partial charge < -0.3 is 10.1 Å². The summed E-state index contributed by atoms with van der Waals surface area (Å²) in [4.78, 5) is 12.3. The number of amides is 1. The second-order valence-corrected chi connectivity index (χ2v) is 7.37. The smallest absolute Gasteiger partial charge is 0.266 e. The average molecular weight is 516 g/mol. The number of rotatable bonds is 6. The van der Waals surface area contributed by atoms with Crippen LogP contribution < -0.4 is 10.1 Å². The number of anilines is 1. The van der Waals surface area contributed by atoms with E-state index in [1.807, 2.05) is 6.07 Å². The summed E-state index contributed by atoms with van der Waals surface area (Å²) in [7, 11) is 0. The van der Waals surface area contributed by atoms with Crippen molar-refractivity contribution in [2.24, 2.45) is 0 Å². The van der Waals surface area contributed by atoms with Crippen molar-refractivity contribution in [2.75, 3.05) is 5.32 Å². The molecule has 150 valence electrons. The summed E-state index contributed by atoms with van der Waals surface area (Å²) >= 11 is 2.07. The SMILES string of the molecule is N#C/C(=C/c1ccc(OCc2cccc(F)c2)c(I)c1)C(=O)Nc1ccccc1F. The first-order valence-electron chi connectivity index (χ1n) is 8.81. The number of nitriles is 1. The van der Waals surface area contributed by atoms with Crippen LogP contribution in [0.4, 0.5) is 14.5 Å². The van der Waals surface area contributed by atoms with Crippen molar-refractivity contribution < 1.29 is 18.3 Å². The molecule has 0 aliphatic heterocycles. The van der Waals surface area contributed by atoms with Crippen molar-refractivity contribution in [3.8, 4) is 11.8 Å². The van der Waals surface area contributed by atoms with Gasteiger partial charge in [-0.3, -0.25) is 4.79 Å². The van der Waals surface area contributed by atoms with Gasteiger partial charge in [-0.1, -0.05) is 30.3 Å². The topological polar surface area (TPSA) is 62.1 Å². The largest absolute Gasteiger partial charge is 0.488 e. The minimum atomic E-state index is -0.705. The number of benzene rings is 3. The first-order chi connectivity index (χ1) is 14.5. The van der Waals surface area contributed by atoms with Crippen molar-refractivity contribution in [2.45, 2.75) is 6.61 Å². The Balaban J connectivity index is 1.72. The molecular formula is C23H15F2IN2O2. The number of carbonyl (C=O) groups excluding carboxylic acids is 1. The maximum absolute atomic E-state index is 13.7. The lowest BCUT2D eigenvalue weighted by atomic mass is 10.1. The van der Waals surface area contributed by atoms with Crippen LogP contribution in [0, 0.1) is 26.5 Å². The van der Waals surface area contributed by atoms with E-state index < -0.39 is 11.7 Å². The molecule has 0 aliphatic rings. The number of nitrogens with one attached hydrogen (secondary N) is 1. The summed E-state index contributed by atoms with van der Waals surface area (Å²) in [6.07, 6.45) is 1.41. The highest BCUT2D eigenvalue weighted by atomic mass is 127. The second kappa shape index (κ2) is 9.98. The molecule has 0 heterocycles.